The Bertz CT molecular complexity index is 179. The first-order valence-electron chi connectivity index (χ1n) is 3.83. The predicted octanol–water partition coefficient (Wildman–Crippen LogP) is 3.00. The first-order chi connectivity index (χ1) is 4.79. The topological polar surface area (TPSA) is 0 Å². The fraction of sp³-hybridized carbons (Fsp3) is 0.400. The van der Waals surface area contributed by atoms with E-state index in [9.17, 15) is 0 Å². The van der Waals surface area contributed by atoms with E-state index in [0.29, 0.717) is 0 Å². The summed E-state index contributed by atoms with van der Waals surface area (Å²) in [7, 11) is 0. The largest absolute Gasteiger partial charge is 0.197 e. The summed E-state index contributed by atoms with van der Waals surface area (Å²) in [6.45, 7) is 4.49. The molecule has 0 fully saturated rings. The van der Waals surface area contributed by atoms with Gasteiger partial charge in [0.2, 0.25) is 0 Å². The van der Waals surface area contributed by atoms with Crippen LogP contribution in [0.2, 0.25) is 0 Å². The molecule has 0 aliphatic rings. The van der Waals surface area contributed by atoms with Gasteiger partial charge >= 0.3 is 0 Å². The van der Waals surface area contributed by atoms with Crippen molar-refractivity contribution in [1.29, 1.82) is 0 Å². The van der Waals surface area contributed by atoms with Crippen molar-refractivity contribution in [1.82, 2.24) is 0 Å². The highest BCUT2D eigenvalue weighted by Gasteiger charge is 1.94. The fourth-order valence-electron chi connectivity index (χ4n) is 1.09. The standard InChI is InChI=1S/C10H14.H2S/c1-9(2)8-10-6-4-3-5-7-10;/h3-7,9H,8H2,1-2H3;1H2. The molecule has 0 saturated heterocycles. The van der Waals surface area contributed by atoms with Crippen molar-refractivity contribution >= 4 is 13.5 Å². The van der Waals surface area contributed by atoms with Gasteiger partial charge in [-0.3, -0.25) is 0 Å². The van der Waals surface area contributed by atoms with Gasteiger partial charge in [-0.2, -0.15) is 13.5 Å². The first kappa shape index (κ1) is 10.6. The van der Waals surface area contributed by atoms with E-state index in [1.807, 2.05) is 0 Å². The second kappa shape index (κ2) is 5.25. The van der Waals surface area contributed by atoms with Crippen LogP contribution in [0.5, 0.6) is 0 Å². The molecule has 62 valence electrons. The zero-order chi connectivity index (χ0) is 7.40. The van der Waals surface area contributed by atoms with E-state index in [1.54, 1.807) is 0 Å². The summed E-state index contributed by atoms with van der Waals surface area (Å²) in [5, 5.41) is 0. The highest BCUT2D eigenvalue weighted by atomic mass is 32.1. The monoisotopic (exact) mass is 168 g/mol. The quantitative estimate of drug-likeness (QED) is 0.637. The van der Waals surface area contributed by atoms with Crippen LogP contribution >= 0.6 is 13.5 Å². The zero-order valence-electron chi connectivity index (χ0n) is 7.17. The summed E-state index contributed by atoms with van der Waals surface area (Å²) in [5.41, 5.74) is 1.44. The van der Waals surface area contributed by atoms with Crippen molar-refractivity contribution in [2.24, 2.45) is 5.92 Å². The molecule has 0 atom stereocenters. The minimum Gasteiger partial charge on any atom is -0.197 e. The Labute approximate surface area is 76.1 Å². The van der Waals surface area contributed by atoms with Gasteiger partial charge in [-0.15, -0.1) is 0 Å². The van der Waals surface area contributed by atoms with Crippen LogP contribution in [-0.2, 0) is 6.42 Å². The molecule has 1 aromatic carbocycles. The van der Waals surface area contributed by atoms with Crippen LogP contribution in [0.4, 0.5) is 0 Å². The van der Waals surface area contributed by atoms with Gasteiger partial charge in [0.05, 0.1) is 0 Å². The van der Waals surface area contributed by atoms with Gasteiger partial charge in [-0.1, -0.05) is 44.2 Å². The molecular formula is C10H16S. The Hall–Kier alpha value is -0.430. The van der Waals surface area contributed by atoms with Crippen molar-refractivity contribution in [3.63, 3.8) is 0 Å². The van der Waals surface area contributed by atoms with E-state index in [2.05, 4.69) is 44.2 Å². The maximum Gasteiger partial charge on any atom is -0.0256 e. The Morgan fingerprint density at radius 3 is 2.09 bits per heavy atom. The minimum atomic E-state index is 0. The van der Waals surface area contributed by atoms with E-state index in [1.165, 1.54) is 12.0 Å². The van der Waals surface area contributed by atoms with Gasteiger partial charge in [0, 0.05) is 0 Å². The first-order valence-corrected chi connectivity index (χ1v) is 3.83. The Morgan fingerprint density at radius 2 is 1.64 bits per heavy atom. The lowest BCUT2D eigenvalue weighted by Crippen LogP contribution is -1.92. The molecule has 0 aliphatic carbocycles. The number of benzene rings is 1. The fourth-order valence-corrected chi connectivity index (χ4v) is 1.09. The molecule has 1 rings (SSSR count). The highest BCUT2D eigenvalue weighted by Crippen LogP contribution is 2.05. The molecule has 0 aromatic heterocycles. The lowest BCUT2D eigenvalue weighted by Gasteiger charge is -2.02. The lowest BCUT2D eigenvalue weighted by atomic mass is 10.0. The molecule has 1 aromatic rings. The maximum atomic E-state index is 2.24. The minimum absolute atomic E-state index is 0. The molecular weight excluding hydrogens is 152 g/mol. The summed E-state index contributed by atoms with van der Waals surface area (Å²) in [4.78, 5) is 0. The molecule has 0 unspecified atom stereocenters. The summed E-state index contributed by atoms with van der Waals surface area (Å²) in [6.07, 6.45) is 1.20. The molecule has 0 aliphatic heterocycles. The van der Waals surface area contributed by atoms with Gasteiger partial charge in [-0.25, -0.2) is 0 Å². The SMILES string of the molecule is CC(C)Cc1ccccc1.S. The average molecular weight is 168 g/mol. The molecule has 1 heteroatoms. The van der Waals surface area contributed by atoms with Gasteiger partial charge < -0.3 is 0 Å². The number of hydrogen-bond acceptors (Lipinski definition) is 0. The third kappa shape index (κ3) is 4.10. The second-order valence-corrected chi connectivity index (χ2v) is 3.08. The zero-order valence-corrected chi connectivity index (χ0v) is 8.17. The summed E-state index contributed by atoms with van der Waals surface area (Å²) >= 11 is 0. The van der Waals surface area contributed by atoms with Crippen LogP contribution in [0.1, 0.15) is 19.4 Å². The van der Waals surface area contributed by atoms with Crippen LogP contribution in [0.15, 0.2) is 30.3 Å². The Balaban J connectivity index is 0.000001000. The van der Waals surface area contributed by atoms with Gasteiger partial charge in [0.1, 0.15) is 0 Å². The van der Waals surface area contributed by atoms with Crippen LogP contribution in [0, 0.1) is 5.92 Å². The van der Waals surface area contributed by atoms with Crippen LogP contribution in [0.25, 0.3) is 0 Å². The number of rotatable bonds is 2. The van der Waals surface area contributed by atoms with Crippen LogP contribution in [-0.4, -0.2) is 0 Å². The maximum absolute atomic E-state index is 2.24. The van der Waals surface area contributed by atoms with Crippen LogP contribution < -0.4 is 0 Å². The summed E-state index contributed by atoms with van der Waals surface area (Å²) in [5.74, 6) is 0.766. The third-order valence-corrected chi connectivity index (χ3v) is 1.49. The second-order valence-electron chi connectivity index (χ2n) is 3.08. The van der Waals surface area contributed by atoms with Crippen molar-refractivity contribution in [3.8, 4) is 0 Å². The molecule has 11 heavy (non-hydrogen) atoms. The summed E-state index contributed by atoms with van der Waals surface area (Å²) < 4.78 is 0. The molecule has 0 amide bonds. The van der Waals surface area contributed by atoms with E-state index in [-0.39, 0.29) is 13.5 Å². The molecule has 0 N–H and O–H groups in total. The van der Waals surface area contributed by atoms with E-state index in [4.69, 9.17) is 0 Å². The molecule has 0 spiro atoms. The normalized spacial score (nSPS) is 9.36. The van der Waals surface area contributed by atoms with Crippen molar-refractivity contribution < 1.29 is 0 Å². The molecule has 0 nitrogen and oxygen atoms in total. The molecule has 0 bridgehead atoms. The Kier molecular flexibility index (Phi) is 5.05. The molecule has 0 radical (unpaired) electrons. The van der Waals surface area contributed by atoms with Crippen molar-refractivity contribution in [2.45, 2.75) is 20.3 Å². The molecule has 0 heterocycles. The van der Waals surface area contributed by atoms with Gasteiger partial charge in [0.25, 0.3) is 0 Å². The third-order valence-electron chi connectivity index (χ3n) is 1.49. The highest BCUT2D eigenvalue weighted by molar-refractivity contribution is 7.59. The molecule has 0 saturated carbocycles. The van der Waals surface area contributed by atoms with E-state index in [0.717, 1.165) is 5.92 Å². The van der Waals surface area contributed by atoms with Crippen molar-refractivity contribution in [3.05, 3.63) is 35.9 Å². The van der Waals surface area contributed by atoms with Crippen LogP contribution in [0.3, 0.4) is 0 Å². The van der Waals surface area contributed by atoms with Gasteiger partial charge in [0.15, 0.2) is 0 Å². The summed E-state index contributed by atoms with van der Waals surface area (Å²) in [6, 6.07) is 10.6. The lowest BCUT2D eigenvalue weighted by molar-refractivity contribution is 0.647. The van der Waals surface area contributed by atoms with E-state index < -0.39 is 0 Å². The van der Waals surface area contributed by atoms with Crippen molar-refractivity contribution in [2.75, 3.05) is 0 Å². The van der Waals surface area contributed by atoms with Gasteiger partial charge in [-0.05, 0) is 17.9 Å². The average Bonchev–Trinajstić information content (AvgIpc) is 1.88. The van der Waals surface area contributed by atoms with E-state index >= 15 is 0 Å². The predicted molar refractivity (Wildman–Crippen MR) is 55.4 cm³/mol. The number of hydrogen-bond donors (Lipinski definition) is 0. The smallest absolute Gasteiger partial charge is 0.0256 e. The Morgan fingerprint density at radius 1 is 1.09 bits per heavy atom.